The summed E-state index contributed by atoms with van der Waals surface area (Å²) in [5.74, 6) is -0.304. The maximum atomic E-state index is 12.8. The molecule has 0 radical (unpaired) electrons. The summed E-state index contributed by atoms with van der Waals surface area (Å²) in [6, 6.07) is -0.302. The number of ether oxygens (including phenoxy) is 1. The third kappa shape index (κ3) is 2.44. The van der Waals surface area contributed by atoms with E-state index >= 15 is 0 Å². The molecule has 3 aliphatic rings. The van der Waals surface area contributed by atoms with E-state index in [2.05, 4.69) is 0 Å². The van der Waals surface area contributed by atoms with Crippen molar-refractivity contribution in [2.75, 3.05) is 32.5 Å². The van der Waals surface area contributed by atoms with Gasteiger partial charge in [0.25, 0.3) is 0 Å². The van der Waals surface area contributed by atoms with Crippen LogP contribution < -0.4 is 0 Å². The van der Waals surface area contributed by atoms with E-state index in [4.69, 9.17) is 4.74 Å². The minimum Gasteiger partial charge on any atom is -0.373 e. The molecule has 0 spiro atoms. The second kappa shape index (κ2) is 4.92. The maximum Gasteiger partial charge on any atom is 0.226 e. The van der Waals surface area contributed by atoms with Crippen molar-refractivity contribution in [2.45, 2.75) is 31.2 Å². The Morgan fingerprint density at radius 3 is 2.60 bits per heavy atom. The SMILES string of the molecule is CS(=O)(=O)N1CCO[C@H]2CN(C(=O)C3CC(F)C3)C[C@H]21. The molecule has 2 aliphatic heterocycles. The highest BCUT2D eigenvalue weighted by atomic mass is 32.2. The zero-order chi connectivity index (χ0) is 14.5. The summed E-state index contributed by atoms with van der Waals surface area (Å²) in [5.41, 5.74) is 0. The minimum absolute atomic E-state index is 0.0645. The van der Waals surface area contributed by atoms with E-state index in [1.165, 1.54) is 10.6 Å². The van der Waals surface area contributed by atoms with Crippen LogP contribution >= 0.6 is 0 Å². The van der Waals surface area contributed by atoms with Gasteiger partial charge < -0.3 is 9.64 Å². The van der Waals surface area contributed by atoms with Crippen molar-refractivity contribution in [1.29, 1.82) is 0 Å². The van der Waals surface area contributed by atoms with E-state index in [1.54, 1.807) is 4.90 Å². The first-order chi connectivity index (χ1) is 9.36. The highest BCUT2D eigenvalue weighted by Gasteiger charge is 2.47. The first kappa shape index (κ1) is 14.2. The number of rotatable bonds is 2. The molecule has 0 aromatic carbocycles. The van der Waals surface area contributed by atoms with Crippen LogP contribution in [0, 0.1) is 5.92 Å². The van der Waals surface area contributed by atoms with Crippen LogP contribution in [-0.2, 0) is 19.6 Å². The molecule has 1 aliphatic carbocycles. The summed E-state index contributed by atoms with van der Waals surface area (Å²) < 4.78 is 43.4. The fourth-order valence-electron chi connectivity index (χ4n) is 3.26. The first-order valence-electron chi connectivity index (χ1n) is 6.87. The number of likely N-dealkylation sites (tertiary alicyclic amines) is 1. The number of nitrogens with zero attached hydrogens (tertiary/aromatic N) is 2. The van der Waals surface area contributed by atoms with Gasteiger partial charge >= 0.3 is 0 Å². The molecule has 6 nitrogen and oxygen atoms in total. The molecule has 0 unspecified atom stereocenters. The van der Waals surface area contributed by atoms with Crippen molar-refractivity contribution in [3.8, 4) is 0 Å². The standard InChI is InChI=1S/C12H19FN2O4S/c1-20(17,18)15-2-3-19-11-7-14(6-10(11)15)12(16)8-4-9(13)5-8/h8-11H,2-7H2,1H3/t8?,9?,10-,11+/m1/s1. The van der Waals surface area contributed by atoms with Crippen LogP contribution in [0.5, 0.6) is 0 Å². The Morgan fingerprint density at radius 1 is 1.30 bits per heavy atom. The number of carbonyl (C=O) groups is 1. The molecule has 0 aromatic rings. The average Bonchev–Trinajstić information content (AvgIpc) is 2.76. The molecule has 0 bridgehead atoms. The number of morpholine rings is 1. The van der Waals surface area contributed by atoms with Crippen molar-refractivity contribution in [2.24, 2.45) is 5.92 Å². The van der Waals surface area contributed by atoms with E-state index < -0.39 is 16.2 Å². The van der Waals surface area contributed by atoms with Crippen LogP contribution in [0.15, 0.2) is 0 Å². The number of hydrogen-bond donors (Lipinski definition) is 0. The van der Waals surface area contributed by atoms with Gasteiger partial charge in [-0.3, -0.25) is 4.79 Å². The van der Waals surface area contributed by atoms with E-state index in [9.17, 15) is 17.6 Å². The Balaban J connectivity index is 1.69. The zero-order valence-electron chi connectivity index (χ0n) is 11.4. The van der Waals surface area contributed by atoms with E-state index in [1.807, 2.05) is 0 Å². The van der Waals surface area contributed by atoms with Crippen LogP contribution in [0.2, 0.25) is 0 Å². The van der Waals surface area contributed by atoms with E-state index in [0.29, 0.717) is 39.1 Å². The van der Waals surface area contributed by atoms with Gasteiger partial charge in [0.15, 0.2) is 0 Å². The van der Waals surface area contributed by atoms with Crippen molar-refractivity contribution in [1.82, 2.24) is 9.21 Å². The van der Waals surface area contributed by atoms with Gasteiger partial charge in [-0.25, -0.2) is 12.8 Å². The van der Waals surface area contributed by atoms with Gasteiger partial charge in [0, 0.05) is 25.6 Å². The van der Waals surface area contributed by atoms with Gasteiger partial charge in [0.1, 0.15) is 6.17 Å². The Kier molecular flexibility index (Phi) is 3.50. The molecule has 3 fully saturated rings. The first-order valence-corrected chi connectivity index (χ1v) is 8.72. The number of sulfonamides is 1. The zero-order valence-corrected chi connectivity index (χ0v) is 12.2. The summed E-state index contributed by atoms with van der Waals surface area (Å²) in [6.07, 6.45) is 0.642. The van der Waals surface area contributed by atoms with Gasteiger partial charge in [-0.2, -0.15) is 4.31 Å². The predicted molar refractivity (Wildman–Crippen MR) is 69.3 cm³/mol. The van der Waals surface area contributed by atoms with E-state index in [0.717, 1.165) is 0 Å². The molecule has 0 N–H and O–H groups in total. The summed E-state index contributed by atoms with van der Waals surface area (Å²) in [4.78, 5) is 13.8. The molecular formula is C12H19FN2O4S. The van der Waals surface area contributed by atoms with Crippen LogP contribution in [0.3, 0.4) is 0 Å². The molecule has 8 heteroatoms. The maximum absolute atomic E-state index is 12.8. The predicted octanol–water partition coefficient (Wildman–Crippen LogP) is -0.394. The molecule has 1 amide bonds. The fraction of sp³-hybridized carbons (Fsp3) is 0.917. The number of amides is 1. The largest absolute Gasteiger partial charge is 0.373 e. The van der Waals surface area contributed by atoms with Crippen LogP contribution in [0.1, 0.15) is 12.8 Å². The van der Waals surface area contributed by atoms with Crippen LogP contribution in [0.4, 0.5) is 4.39 Å². The van der Waals surface area contributed by atoms with Crippen LogP contribution in [0.25, 0.3) is 0 Å². The summed E-state index contributed by atoms with van der Waals surface area (Å²) in [7, 11) is -3.29. The van der Waals surface area contributed by atoms with Crippen molar-refractivity contribution in [3.05, 3.63) is 0 Å². The summed E-state index contributed by atoms with van der Waals surface area (Å²) in [5, 5.41) is 0. The van der Waals surface area contributed by atoms with Crippen molar-refractivity contribution < 1.29 is 22.3 Å². The van der Waals surface area contributed by atoms with Gasteiger partial charge in [-0.15, -0.1) is 0 Å². The fourth-order valence-corrected chi connectivity index (χ4v) is 4.36. The molecule has 2 saturated heterocycles. The molecule has 114 valence electrons. The lowest BCUT2D eigenvalue weighted by molar-refractivity contribution is -0.139. The third-order valence-corrected chi connectivity index (χ3v) is 5.72. The normalized spacial score (nSPS) is 38.4. The van der Waals surface area contributed by atoms with Gasteiger partial charge in [-0.1, -0.05) is 0 Å². The monoisotopic (exact) mass is 306 g/mol. The summed E-state index contributed by atoms with van der Waals surface area (Å²) in [6.45, 7) is 1.44. The molecular weight excluding hydrogens is 287 g/mol. The molecule has 2 heterocycles. The second-order valence-corrected chi connectivity index (χ2v) is 7.79. The molecule has 2 atom stereocenters. The lowest BCUT2D eigenvalue weighted by Gasteiger charge is -2.34. The number of halogens is 1. The number of alkyl halides is 1. The lowest BCUT2D eigenvalue weighted by Crippen LogP contribution is -2.52. The number of carbonyl (C=O) groups excluding carboxylic acids is 1. The smallest absolute Gasteiger partial charge is 0.226 e. The van der Waals surface area contributed by atoms with Gasteiger partial charge in [0.05, 0.1) is 25.0 Å². The van der Waals surface area contributed by atoms with Gasteiger partial charge in [0.2, 0.25) is 15.9 Å². The number of fused-ring (bicyclic) bond motifs is 1. The minimum atomic E-state index is -3.29. The highest BCUT2D eigenvalue weighted by Crippen LogP contribution is 2.34. The lowest BCUT2D eigenvalue weighted by atomic mass is 9.82. The van der Waals surface area contributed by atoms with E-state index in [-0.39, 0.29) is 24.0 Å². The Hall–Kier alpha value is -0.730. The third-order valence-electron chi connectivity index (χ3n) is 4.42. The van der Waals surface area contributed by atoms with Crippen molar-refractivity contribution in [3.63, 3.8) is 0 Å². The Labute approximate surface area is 117 Å². The number of hydrogen-bond acceptors (Lipinski definition) is 4. The molecule has 1 saturated carbocycles. The van der Waals surface area contributed by atoms with Crippen LogP contribution in [-0.4, -0.2) is 74.3 Å². The Morgan fingerprint density at radius 2 is 2.00 bits per heavy atom. The van der Waals surface area contributed by atoms with Gasteiger partial charge in [-0.05, 0) is 12.8 Å². The summed E-state index contributed by atoms with van der Waals surface area (Å²) >= 11 is 0. The molecule has 20 heavy (non-hydrogen) atoms. The topological polar surface area (TPSA) is 66.9 Å². The molecule has 0 aromatic heterocycles. The van der Waals surface area contributed by atoms with Crippen molar-refractivity contribution >= 4 is 15.9 Å². The quantitative estimate of drug-likeness (QED) is 0.697. The highest BCUT2D eigenvalue weighted by molar-refractivity contribution is 7.88. The Bertz CT molecular complexity index is 506. The molecule has 3 rings (SSSR count). The average molecular weight is 306 g/mol. The second-order valence-electron chi connectivity index (χ2n) is 5.86.